The van der Waals surface area contributed by atoms with E-state index < -0.39 is 17.5 Å². The Kier molecular flexibility index (Phi) is 5.60. The Balaban J connectivity index is 1.62. The number of hydrogen-bond acceptors (Lipinski definition) is 5. The van der Waals surface area contributed by atoms with Crippen LogP contribution < -0.4 is 21.5 Å². The molecular formula is C22H23F2N5O2. The minimum absolute atomic E-state index is 0.0205. The van der Waals surface area contributed by atoms with Crippen molar-refractivity contribution >= 4 is 11.7 Å². The maximum atomic E-state index is 13.8. The van der Waals surface area contributed by atoms with Gasteiger partial charge in [0.25, 0.3) is 5.91 Å². The zero-order valence-corrected chi connectivity index (χ0v) is 16.9. The highest BCUT2D eigenvalue weighted by Gasteiger charge is 2.27. The topological polar surface area (TPSA) is 108 Å². The van der Waals surface area contributed by atoms with Crippen LogP contribution in [0.2, 0.25) is 0 Å². The summed E-state index contributed by atoms with van der Waals surface area (Å²) in [5.74, 6) is -1.67. The number of halogens is 2. The first-order chi connectivity index (χ1) is 14.8. The summed E-state index contributed by atoms with van der Waals surface area (Å²) in [4.78, 5) is 12.1. The number of primary amides is 1. The molecule has 31 heavy (non-hydrogen) atoms. The molecule has 0 radical (unpaired) electrons. The minimum Gasteiger partial charge on any atom is -0.454 e. The monoisotopic (exact) mass is 427 g/mol. The molecule has 162 valence electrons. The van der Waals surface area contributed by atoms with E-state index in [0.717, 1.165) is 25.0 Å². The van der Waals surface area contributed by atoms with Crippen molar-refractivity contribution in [3.8, 4) is 22.8 Å². The van der Waals surface area contributed by atoms with Crippen LogP contribution in [0.25, 0.3) is 11.3 Å². The van der Waals surface area contributed by atoms with Crippen LogP contribution in [0.4, 0.5) is 14.6 Å². The molecular weight excluding hydrogens is 404 g/mol. The van der Waals surface area contributed by atoms with Crippen LogP contribution in [0.5, 0.6) is 11.5 Å². The lowest BCUT2D eigenvalue weighted by atomic mass is 10.0. The van der Waals surface area contributed by atoms with Gasteiger partial charge in [-0.1, -0.05) is 0 Å². The second-order valence-corrected chi connectivity index (χ2v) is 7.66. The third-order valence-electron chi connectivity index (χ3n) is 5.42. The molecule has 2 heterocycles. The van der Waals surface area contributed by atoms with Crippen molar-refractivity contribution in [3.63, 3.8) is 0 Å². The first kappa shape index (κ1) is 20.8. The molecule has 1 fully saturated rings. The molecule has 1 aliphatic rings. The third kappa shape index (κ3) is 4.22. The number of benzene rings is 2. The van der Waals surface area contributed by atoms with E-state index in [1.165, 1.54) is 6.07 Å². The minimum atomic E-state index is -0.804. The van der Waals surface area contributed by atoms with Crippen molar-refractivity contribution in [1.29, 1.82) is 0 Å². The molecule has 1 aromatic heterocycles. The Morgan fingerprint density at radius 1 is 1.19 bits per heavy atom. The SMILES string of the molecule is C[C@@H]1CC[C@H](n2nc(-c3ccc(Oc4ccc(F)cc4F)cc3)c(C(N)=O)c2N)CN1. The molecule has 0 saturated carbocycles. The summed E-state index contributed by atoms with van der Waals surface area (Å²) in [5.41, 5.74) is 13.0. The van der Waals surface area contributed by atoms with Gasteiger partial charge in [-0.2, -0.15) is 5.10 Å². The highest BCUT2D eigenvalue weighted by atomic mass is 19.1. The number of nitrogen functional groups attached to an aromatic ring is 1. The molecule has 2 atom stereocenters. The first-order valence-electron chi connectivity index (χ1n) is 9.98. The van der Waals surface area contributed by atoms with Gasteiger partial charge in [0.15, 0.2) is 11.6 Å². The number of anilines is 1. The van der Waals surface area contributed by atoms with Crippen molar-refractivity contribution in [2.24, 2.45) is 5.73 Å². The van der Waals surface area contributed by atoms with E-state index in [2.05, 4.69) is 17.3 Å². The van der Waals surface area contributed by atoms with Crippen molar-refractivity contribution < 1.29 is 18.3 Å². The zero-order chi connectivity index (χ0) is 22.1. The molecule has 0 bridgehead atoms. The Morgan fingerprint density at radius 3 is 2.55 bits per heavy atom. The fraction of sp³-hybridized carbons (Fsp3) is 0.273. The molecule has 1 amide bonds. The second-order valence-electron chi connectivity index (χ2n) is 7.66. The third-order valence-corrected chi connectivity index (χ3v) is 5.42. The van der Waals surface area contributed by atoms with Crippen molar-refractivity contribution in [3.05, 3.63) is 59.7 Å². The molecule has 5 N–H and O–H groups in total. The predicted octanol–water partition coefficient (Wildman–Crippen LogP) is 3.61. The zero-order valence-electron chi connectivity index (χ0n) is 16.9. The lowest BCUT2D eigenvalue weighted by Gasteiger charge is -2.28. The lowest BCUT2D eigenvalue weighted by molar-refractivity contribution is 0.100. The fourth-order valence-corrected chi connectivity index (χ4v) is 3.73. The van der Waals surface area contributed by atoms with Crippen LogP contribution in [0.3, 0.4) is 0 Å². The standard InChI is InChI=1S/C22H23F2N5O2/c1-12-2-6-15(11-27-12)29-21(25)19(22(26)30)20(28-29)13-3-7-16(8-4-13)31-18-9-5-14(23)10-17(18)24/h3-5,7-10,12,15,27H,2,6,11,25H2,1H3,(H2,26,30)/t12-,15+/m1/s1. The van der Waals surface area contributed by atoms with E-state index in [-0.39, 0.29) is 23.2 Å². The Labute approximate surface area is 178 Å². The van der Waals surface area contributed by atoms with Gasteiger partial charge in [0.1, 0.15) is 28.6 Å². The Bertz CT molecular complexity index is 1110. The molecule has 2 aromatic carbocycles. The number of ether oxygens (including phenoxy) is 1. The smallest absolute Gasteiger partial charge is 0.254 e. The average molecular weight is 427 g/mol. The molecule has 1 saturated heterocycles. The molecule has 9 heteroatoms. The van der Waals surface area contributed by atoms with E-state index in [4.69, 9.17) is 16.2 Å². The van der Waals surface area contributed by atoms with Gasteiger partial charge in [0, 0.05) is 24.2 Å². The van der Waals surface area contributed by atoms with Crippen molar-refractivity contribution in [2.45, 2.75) is 31.8 Å². The summed E-state index contributed by atoms with van der Waals surface area (Å²) >= 11 is 0. The number of rotatable bonds is 5. The normalized spacial score (nSPS) is 18.7. The summed E-state index contributed by atoms with van der Waals surface area (Å²) in [6.07, 6.45) is 1.85. The van der Waals surface area contributed by atoms with Crippen molar-refractivity contribution in [1.82, 2.24) is 15.1 Å². The summed E-state index contributed by atoms with van der Waals surface area (Å²) in [6, 6.07) is 10.1. The molecule has 4 rings (SSSR count). The molecule has 1 aliphatic heterocycles. The lowest BCUT2D eigenvalue weighted by Crippen LogP contribution is -2.38. The van der Waals surface area contributed by atoms with Crippen LogP contribution in [-0.2, 0) is 0 Å². The van der Waals surface area contributed by atoms with Crippen LogP contribution in [0.15, 0.2) is 42.5 Å². The first-order valence-corrected chi connectivity index (χ1v) is 9.98. The van der Waals surface area contributed by atoms with Gasteiger partial charge >= 0.3 is 0 Å². The van der Waals surface area contributed by atoms with E-state index >= 15 is 0 Å². The second kappa shape index (κ2) is 8.35. The van der Waals surface area contributed by atoms with Gasteiger partial charge in [0.05, 0.1) is 6.04 Å². The van der Waals surface area contributed by atoms with E-state index in [9.17, 15) is 13.6 Å². The maximum absolute atomic E-state index is 13.8. The number of amides is 1. The average Bonchev–Trinajstić information content (AvgIpc) is 3.08. The van der Waals surface area contributed by atoms with Gasteiger partial charge in [0.2, 0.25) is 0 Å². The molecule has 0 aliphatic carbocycles. The molecule has 0 unspecified atom stereocenters. The summed E-state index contributed by atoms with van der Waals surface area (Å²) < 4.78 is 34.0. The summed E-state index contributed by atoms with van der Waals surface area (Å²) in [7, 11) is 0. The number of hydrogen-bond donors (Lipinski definition) is 3. The van der Waals surface area contributed by atoms with E-state index in [1.54, 1.807) is 28.9 Å². The highest BCUT2D eigenvalue weighted by molar-refractivity contribution is 6.03. The van der Waals surface area contributed by atoms with E-state index in [0.29, 0.717) is 29.6 Å². The quantitative estimate of drug-likeness (QED) is 0.576. The number of nitrogens with zero attached hydrogens (tertiary/aromatic N) is 2. The van der Waals surface area contributed by atoms with Gasteiger partial charge in [-0.05, 0) is 56.2 Å². The summed E-state index contributed by atoms with van der Waals surface area (Å²) in [5, 5.41) is 7.99. The fourth-order valence-electron chi connectivity index (χ4n) is 3.73. The van der Waals surface area contributed by atoms with Gasteiger partial charge in [-0.15, -0.1) is 0 Å². The predicted molar refractivity (Wildman–Crippen MR) is 113 cm³/mol. The van der Waals surface area contributed by atoms with Gasteiger partial charge in [-0.3, -0.25) is 4.79 Å². The Morgan fingerprint density at radius 2 is 1.94 bits per heavy atom. The molecule has 3 aromatic rings. The Hall–Kier alpha value is -3.46. The van der Waals surface area contributed by atoms with Crippen LogP contribution in [0.1, 0.15) is 36.2 Å². The number of carbonyl (C=O) groups is 1. The van der Waals surface area contributed by atoms with Gasteiger partial charge < -0.3 is 21.5 Å². The van der Waals surface area contributed by atoms with Crippen LogP contribution >= 0.6 is 0 Å². The number of carbonyl (C=O) groups excluding carboxylic acids is 1. The van der Waals surface area contributed by atoms with Crippen LogP contribution in [0, 0.1) is 11.6 Å². The van der Waals surface area contributed by atoms with Crippen molar-refractivity contribution in [2.75, 3.05) is 12.3 Å². The number of nitrogens with two attached hydrogens (primary N) is 2. The highest BCUT2D eigenvalue weighted by Crippen LogP contribution is 2.33. The largest absolute Gasteiger partial charge is 0.454 e. The maximum Gasteiger partial charge on any atom is 0.254 e. The molecule has 0 spiro atoms. The number of aromatic nitrogens is 2. The van der Waals surface area contributed by atoms with Crippen LogP contribution in [-0.4, -0.2) is 28.3 Å². The van der Waals surface area contributed by atoms with Gasteiger partial charge in [-0.25, -0.2) is 13.5 Å². The number of piperidine rings is 1. The summed E-state index contributed by atoms with van der Waals surface area (Å²) in [6.45, 7) is 2.81. The molecule has 7 nitrogen and oxygen atoms in total. The van der Waals surface area contributed by atoms with E-state index in [1.807, 2.05) is 0 Å². The number of nitrogens with one attached hydrogen (secondary N) is 1.